The molecule has 0 aromatic heterocycles. The van der Waals surface area contributed by atoms with Crippen molar-refractivity contribution >= 4 is 29.4 Å². The van der Waals surface area contributed by atoms with E-state index in [4.69, 9.17) is 22.1 Å². The van der Waals surface area contributed by atoms with Crippen LogP contribution in [0.4, 0.5) is 4.79 Å². The first kappa shape index (κ1) is 26.4. The lowest BCUT2D eigenvalue weighted by atomic mass is 9.75. The van der Waals surface area contributed by atoms with Crippen LogP contribution in [-0.4, -0.2) is 39.8 Å². The zero-order valence-electron chi connectivity index (χ0n) is 20.4. The summed E-state index contributed by atoms with van der Waals surface area (Å²) in [5, 5.41) is 11.2. The van der Waals surface area contributed by atoms with Crippen molar-refractivity contribution in [2.24, 2.45) is 5.92 Å². The normalized spacial score (nSPS) is 17.1. The Morgan fingerprint density at radius 1 is 1.03 bits per heavy atom. The molecule has 0 saturated carbocycles. The number of carbonyl (C=O) groups is 2. The van der Waals surface area contributed by atoms with Gasteiger partial charge in [0.15, 0.2) is 5.60 Å². The lowest BCUT2D eigenvalue weighted by molar-refractivity contribution is -0.128. The summed E-state index contributed by atoms with van der Waals surface area (Å²) in [5.41, 5.74) is 1.06. The summed E-state index contributed by atoms with van der Waals surface area (Å²) < 4.78 is 6.49. The van der Waals surface area contributed by atoms with Crippen LogP contribution in [0.3, 0.4) is 0 Å². The summed E-state index contributed by atoms with van der Waals surface area (Å²) in [4.78, 5) is 25.5. The zero-order chi connectivity index (χ0) is 25.3. The summed E-state index contributed by atoms with van der Waals surface area (Å²) in [6.07, 6.45) is 6.66. The molecule has 0 radical (unpaired) electrons. The molecule has 6 nitrogen and oxygen atoms in total. The molecule has 1 aliphatic heterocycles. The predicted octanol–water partition coefficient (Wildman–Crippen LogP) is 5.87. The van der Waals surface area contributed by atoms with Gasteiger partial charge in [0.25, 0.3) is 5.17 Å². The predicted molar refractivity (Wildman–Crippen MR) is 141 cm³/mol. The fraction of sp³-hybridized carbons (Fsp3) is 0.393. The summed E-state index contributed by atoms with van der Waals surface area (Å²) in [7, 11) is 0. The van der Waals surface area contributed by atoms with E-state index in [1.54, 1.807) is 4.90 Å². The second-order valence-corrected chi connectivity index (χ2v) is 9.39. The molecule has 0 spiro atoms. The Balaban J connectivity index is 1.74. The Morgan fingerprint density at radius 3 is 2.17 bits per heavy atom. The molecule has 3 rings (SSSR count). The van der Waals surface area contributed by atoms with Crippen LogP contribution in [0.5, 0.6) is 0 Å². The summed E-state index contributed by atoms with van der Waals surface area (Å²) in [6, 6.07) is 19.7. The number of nitrogens with one attached hydrogen (secondary N) is 1. The third kappa shape index (κ3) is 6.28. The summed E-state index contributed by atoms with van der Waals surface area (Å²) >= 11 is 5.65. The van der Waals surface area contributed by atoms with Gasteiger partial charge in [-0.3, -0.25) is 9.69 Å². The Morgan fingerprint density at radius 2 is 1.63 bits per heavy atom. The van der Waals surface area contributed by atoms with E-state index < -0.39 is 11.7 Å². The van der Waals surface area contributed by atoms with Gasteiger partial charge in [-0.15, -0.1) is 0 Å². The maximum atomic E-state index is 13.4. The fourth-order valence-electron chi connectivity index (χ4n) is 4.72. The maximum absolute atomic E-state index is 13.4. The number of carbonyl (C=O) groups excluding carboxylic acids is 1. The van der Waals surface area contributed by atoms with Crippen LogP contribution in [0.1, 0.15) is 57.1 Å². The standard InChI is InChI=1S/C28H34N2O4S/c1-21(2)25-28(22-15-9-7-10-16-22,23-17-11-8-12-18-23)34-27(35)30(25)24(31)19-13-5-3-4-6-14-20-29-26(32)33/h5,7-13,15-18,21,25,29H,3-4,6,14,19-20H2,1-2H3,(H,32,33)/b13-5+/t25-/m0/s1. The van der Waals surface area contributed by atoms with Crippen LogP contribution < -0.4 is 5.32 Å². The Bertz CT molecular complexity index is 984. The lowest BCUT2D eigenvalue weighted by Crippen LogP contribution is -2.49. The van der Waals surface area contributed by atoms with E-state index in [1.807, 2.05) is 72.8 Å². The van der Waals surface area contributed by atoms with Crippen molar-refractivity contribution in [3.8, 4) is 0 Å². The van der Waals surface area contributed by atoms with Gasteiger partial charge in [0.2, 0.25) is 5.91 Å². The van der Waals surface area contributed by atoms with Crippen LogP contribution in [0.15, 0.2) is 72.8 Å². The highest BCUT2D eigenvalue weighted by Crippen LogP contribution is 2.47. The van der Waals surface area contributed by atoms with Crippen LogP contribution in [0, 0.1) is 5.92 Å². The number of unbranched alkanes of at least 4 members (excludes halogenated alkanes) is 3. The third-order valence-electron chi connectivity index (χ3n) is 6.23. The van der Waals surface area contributed by atoms with Crippen LogP contribution in [-0.2, 0) is 15.1 Å². The molecule has 1 heterocycles. The number of allylic oxidation sites excluding steroid dienone is 1. The summed E-state index contributed by atoms with van der Waals surface area (Å²) in [5.74, 6) is 0.00699. The molecule has 2 aromatic carbocycles. The Kier molecular flexibility index (Phi) is 9.43. The van der Waals surface area contributed by atoms with Crippen molar-refractivity contribution in [3.05, 3.63) is 83.9 Å². The first-order chi connectivity index (χ1) is 16.9. The molecule has 1 aliphatic rings. The minimum atomic E-state index is -0.990. The molecular weight excluding hydrogens is 460 g/mol. The van der Waals surface area contributed by atoms with E-state index in [0.717, 1.165) is 36.8 Å². The maximum Gasteiger partial charge on any atom is 0.404 e. The van der Waals surface area contributed by atoms with Gasteiger partial charge in [0.1, 0.15) is 0 Å². The average molecular weight is 495 g/mol. The summed E-state index contributed by atoms with van der Waals surface area (Å²) in [6.45, 7) is 4.65. The quantitative estimate of drug-likeness (QED) is 0.232. The van der Waals surface area contributed by atoms with E-state index in [0.29, 0.717) is 6.54 Å². The van der Waals surface area contributed by atoms with Crippen molar-refractivity contribution in [1.82, 2.24) is 10.2 Å². The van der Waals surface area contributed by atoms with Gasteiger partial charge in [-0.1, -0.05) is 93.1 Å². The topological polar surface area (TPSA) is 78.9 Å². The van der Waals surface area contributed by atoms with Crippen molar-refractivity contribution in [3.63, 3.8) is 0 Å². The van der Waals surface area contributed by atoms with E-state index in [2.05, 4.69) is 19.2 Å². The highest BCUT2D eigenvalue weighted by Gasteiger charge is 2.57. The van der Waals surface area contributed by atoms with Crippen molar-refractivity contribution < 1.29 is 19.4 Å². The molecule has 1 atom stereocenters. The molecule has 1 fully saturated rings. The van der Waals surface area contributed by atoms with Crippen molar-refractivity contribution in [2.45, 2.75) is 57.6 Å². The van der Waals surface area contributed by atoms with Crippen LogP contribution in [0.2, 0.25) is 0 Å². The number of nitrogens with zero attached hydrogens (tertiary/aromatic N) is 1. The van der Waals surface area contributed by atoms with Gasteiger partial charge < -0.3 is 15.2 Å². The number of ether oxygens (including phenoxy) is 1. The highest BCUT2D eigenvalue weighted by molar-refractivity contribution is 7.80. The minimum Gasteiger partial charge on any atom is -0.465 e. The van der Waals surface area contributed by atoms with Gasteiger partial charge in [-0.05, 0) is 37.4 Å². The zero-order valence-corrected chi connectivity index (χ0v) is 21.2. The molecule has 2 aromatic rings. The van der Waals surface area contributed by atoms with Gasteiger partial charge in [-0.25, -0.2) is 4.79 Å². The molecule has 0 unspecified atom stereocenters. The Hall–Kier alpha value is -3.19. The SMILES string of the molecule is CC(C)[C@@H]1N(C(=O)C/C=C/CCCCCNC(=O)O)C(=S)OC1(c1ccccc1)c1ccccc1. The molecule has 2 amide bonds. The molecular formula is C28H34N2O4S. The monoisotopic (exact) mass is 494 g/mol. The van der Waals surface area contributed by atoms with E-state index in [1.165, 1.54) is 0 Å². The van der Waals surface area contributed by atoms with Gasteiger partial charge in [0, 0.05) is 24.1 Å². The molecule has 0 bridgehead atoms. The van der Waals surface area contributed by atoms with E-state index >= 15 is 0 Å². The minimum absolute atomic E-state index is 0.0793. The molecule has 186 valence electrons. The number of hydrogen-bond donors (Lipinski definition) is 2. The second-order valence-electron chi connectivity index (χ2n) is 9.05. The first-order valence-electron chi connectivity index (χ1n) is 12.2. The molecule has 2 N–H and O–H groups in total. The van der Waals surface area contributed by atoms with Gasteiger partial charge >= 0.3 is 6.09 Å². The number of amides is 2. The average Bonchev–Trinajstić information content (AvgIpc) is 3.18. The Labute approximate surface area is 213 Å². The van der Waals surface area contributed by atoms with Crippen LogP contribution in [0.25, 0.3) is 0 Å². The smallest absolute Gasteiger partial charge is 0.404 e. The van der Waals surface area contributed by atoms with Crippen LogP contribution >= 0.6 is 12.2 Å². The number of hydrogen-bond acceptors (Lipinski definition) is 4. The lowest BCUT2D eigenvalue weighted by Gasteiger charge is -2.38. The van der Waals surface area contributed by atoms with Gasteiger partial charge in [-0.2, -0.15) is 0 Å². The van der Waals surface area contributed by atoms with Crippen molar-refractivity contribution in [2.75, 3.05) is 6.54 Å². The highest BCUT2D eigenvalue weighted by atomic mass is 32.1. The van der Waals surface area contributed by atoms with Gasteiger partial charge in [0.05, 0.1) is 6.04 Å². The van der Waals surface area contributed by atoms with E-state index in [9.17, 15) is 9.59 Å². The molecule has 0 aliphatic carbocycles. The van der Waals surface area contributed by atoms with Crippen molar-refractivity contribution in [1.29, 1.82) is 0 Å². The number of carboxylic acid groups (broad SMARTS) is 1. The number of thiocarbonyl (C=S) groups is 1. The second kappa shape index (κ2) is 12.5. The molecule has 7 heteroatoms. The molecule has 35 heavy (non-hydrogen) atoms. The number of rotatable bonds is 11. The fourth-order valence-corrected chi connectivity index (χ4v) is 5.07. The molecule has 1 saturated heterocycles. The first-order valence-corrected chi connectivity index (χ1v) is 12.6. The van der Waals surface area contributed by atoms with E-state index in [-0.39, 0.29) is 29.5 Å². The largest absolute Gasteiger partial charge is 0.465 e. The third-order valence-corrected chi connectivity index (χ3v) is 6.51. The number of benzene rings is 2.